The molecule has 90 valence electrons. The Morgan fingerprint density at radius 3 is 3.12 bits per heavy atom. The van der Waals surface area contributed by atoms with Crippen LogP contribution in [0.1, 0.15) is 41.6 Å². The lowest BCUT2D eigenvalue weighted by Gasteiger charge is -2.17. The van der Waals surface area contributed by atoms with Crippen molar-refractivity contribution in [3.63, 3.8) is 0 Å². The highest BCUT2D eigenvalue weighted by Gasteiger charge is 2.61. The van der Waals surface area contributed by atoms with Crippen molar-refractivity contribution in [3.8, 4) is 0 Å². The molecule has 0 amide bonds. The van der Waals surface area contributed by atoms with Gasteiger partial charge in [0.2, 0.25) is 5.79 Å². The maximum Gasteiger partial charge on any atom is 0.340 e. The molecule has 2 fully saturated rings. The van der Waals surface area contributed by atoms with E-state index in [1.165, 1.54) is 6.42 Å². The Labute approximate surface area is 101 Å². The van der Waals surface area contributed by atoms with Crippen LogP contribution in [0.5, 0.6) is 0 Å². The number of rotatable bonds is 2. The van der Waals surface area contributed by atoms with E-state index in [4.69, 9.17) is 9.47 Å². The number of fused-ring (bicyclic) bond motifs is 1. The van der Waals surface area contributed by atoms with Crippen LogP contribution in [0, 0.1) is 6.92 Å². The van der Waals surface area contributed by atoms with Crippen LogP contribution in [0.15, 0.2) is 24.3 Å². The van der Waals surface area contributed by atoms with E-state index >= 15 is 0 Å². The summed E-state index contributed by atoms with van der Waals surface area (Å²) in [5.41, 5.74) is 1.67. The second-order valence-electron chi connectivity index (χ2n) is 4.92. The lowest BCUT2D eigenvalue weighted by Crippen LogP contribution is -2.26. The van der Waals surface area contributed by atoms with Gasteiger partial charge in [0.05, 0.1) is 5.56 Å². The Balaban J connectivity index is 1.72. The standard InChI is InChI=1S/C14H16O3/c1-10-5-4-6-11(9-10)13(15)17-14-8-3-2-7-12(14)16-14/h4-6,9,12H,2-3,7-8H2,1H3. The van der Waals surface area contributed by atoms with Crippen LogP contribution in [-0.2, 0) is 9.47 Å². The molecule has 0 aromatic heterocycles. The average molecular weight is 232 g/mol. The molecule has 1 aliphatic heterocycles. The summed E-state index contributed by atoms with van der Waals surface area (Å²) in [7, 11) is 0. The van der Waals surface area contributed by atoms with Crippen molar-refractivity contribution in [2.45, 2.75) is 44.5 Å². The van der Waals surface area contributed by atoms with E-state index in [-0.39, 0.29) is 12.1 Å². The van der Waals surface area contributed by atoms with Crippen LogP contribution < -0.4 is 0 Å². The Kier molecular flexibility index (Phi) is 2.44. The zero-order valence-electron chi connectivity index (χ0n) is 9.94. The van der Waals surface area contributed by atoms with Crippen LogP contribution in [0.4, 0.5) is 0 Å². The molecule has 2 atom stereocenters. The van der Waals surface area contributed by atoms with Gasteiger partial charge < -0.3 is 9.47 Å². The third-order valence-corrected chi connectivity index (χ3v) is 3.54. The van der Waals surface area contributed by atoms with Gasteiger partial charge in [-0.25, -0.2) is 4.79 Å². The molecule has 2 aliphatic rings. The topological polar surface area (TPSA) is 38.8 Å². The number of ether oxygens (including phenoxy) is 2. The molecule has 0 N–H and O–H groups in total. The number of aryl methyl sites for hydroxylation is 1. The predicted octanol–water partition coefficient (Wildman–Crippen LogP) is 2.82. The third-order valence-electron chi connectivity index (χ3n) is 3.54. The maximum absolute atomic E-state index is 12.0. The maximum atomic E-state index is 12.0. The van der Waals surface area contributed by atoms with Gasteiger partial charge in [0, 0.05) is 6.42 Å². The minimum absolute atomic E-state index is 0.144. The van der Waals surface area contributed by atoms with E-state index in [1.54, 1.807) is 6.07 Å². The van der Waals surface area contributed by atoms with E-state index in [2.05, 4.69) is 0 Å². The fourth-order valence-electron chi connectivity index (χ4n) is 2.54. The number of esters is 1. The van der Waals surface area contributed by atoms with Gasteiger partial charge in [0.25, 0.3) is 0 Å². The van der Waals surface area contributed by atoms with Gasteiger partial charge in [0.1, 0.15) is 6.10 Å². The summed E-state index contributed by atoms with van der Waals surface area (Å²) in [5, 5.41) is 0. The minimum Gasteiger partial charge on any atom is -0.427 e. The minimum atomic E-state index is -0.584. The Morgan fingerprint density at radius 2 is 2.35 bits per heavy atom. The summed E-state index contributed by atoms with van der Waals surface area (Å²) in [5.74, 6) is -0.850. The molecule has 1 aromatic carbocycles. The van der Waals surface area contributed by atoms with Crippen molar-refractivity contribution in [2.24, 2.45) is 0 Å². The molecule has 1 heterocycles. The van der Waals surface area contributed by atoms with Gasteiger partial charge in [-0.15, -0.1) is 0 Å². The fraction of sp³-hybridized carbons (Fsp3) is 0.500. The molecule has 3 rings (SSSR count). The second-order valence-corrected chi connectivity index (χ2v) is 4.92. The van der Waals surface area contributed by atoms with E-state index in [1.807, 2.05) is 25.1 Å². The number of hydrogen-bond acceptors (Lipinski definition) is 3. The summed E-state index contributed by atoms with van der Waals surface area (Å²) in [6.45, 7) is 1.96. The summed E-state index contributed by atoms with van der Waals surface area (Å²) < 4.78 is 11.1. The van der Waals surface area contributed by atoms with Gasteiger partial charge in [0.15, 0.2) is 0 Å². The first-order valence-electron chi connectivity index (χ1n) is 6.17. The lowest BCUT2D eigenvalue weighted by molar-refractivity contribution is -0.0245. The highest BCUT2D eigenvalue weighted by atomic mass is 16.8. The smallest absolute Gasteiger partial charge is 0.340 e. The molecular formula is C14H16O3. The fourth-order valence-corrected chi connectivity index (χ4v) is 2.54. The Hall–Kier alpha value is -1.35. The second kappa shape index (κ2) is 3.84. The van der Waals surface area contributed by atoms with E-state index in [9.17, 15) is 4.79 Å². The number of benzene rings is 1. The van der Waals surface area contributed by atoms with Gasteiger partial charge >= 0.3 is 5.97 Å². The highest BCUT2D eigenvalue weighted by Crippen LogP contribution is 2.48. The molecule has 0 bridgehead atoms. The highest BCUT2D eigenvalue weighted by molar-refractivity contribution is 5.90. The van der Waals surface area contributed by atoms with Crippen molar-refractivity contribution in [3.05, 3.63) is 35.4 Å². The number of hydrogen-bond donors (Lipinski definition) is 0. The molecule has 1 aromatic rings. The van der Waals surface area contributed by atoms with Crippen molar-refractivity contribution in [1.82, 2.24) is 0 Å². The summed E-state index contributed by atoms with van der Waals surface area (Å²) >= 11 is 0. The van der Waals surface area contributed by atoms with E-state index in [0.717, 1.165) is 24.8 Å². The Bertz CT molecular complexity index is 455. The van der Waals surface area contributed by atoms with Crippen LogP contribution >= 0.6 is 0 Å². The molecule has 1 aliphatic carbocycles. The Morgan fingerprint density at radius 1 is 1.47 bits per heavy atom. The van der Waals surface area contributed by atoms with Crippen molar-refractivity contribution in [2.75, 3.05) is 0 Å². The molecule has 2 unspecified atom stereocenters. The zero-order chi connectivity index (χ0) is 11.9. The average Bonchev–Trinajstić information content (AvgIpc) is 3.03. The number of carbonyl (C=O) groups excluding carboxylic acids is 1. The van der Waals surface area contributed by atoms with Gasteiger partial charge in [-0.2, -0.15) is 0 Å². The predicted molar refractivity (Wildman–Crippen MR) is 62.7 cm³/mol. The monoisotopic (exact) mass is 232 g/mol. The quantitative estimate of drug-likeness (QED) is 0.581. The number of carbonyl (C=O) groups is 1. The first-order valence-corrected chi connectivity index (χ1v) is 6.17. The molecule has 3 nitrogen and oxygen atoms in total. The van der Waals surface area contributed by atoms with Crippen LogP contribution in [-0.4, -0.2) is 17.9 Å². The molecule has 0 spiro atoms. The molecule has 1 saturated heterocycles. The summed E-state index contributed by atoms with van der Waals surface area (Å²) in [6, 6.07) is 7.47. The third kappa shape index (κ3) is 1.95. The van der Waals surface area contributed by atoms with Crippen molar-refractivity contribution in [1.29, 1.82) is 0 Å². The van der Waals surface area contributed by atoms with E-state index < -0.39 is 5.79 Å². The zero-order valence-corrected chi connectivity index (χ0v) is 9.94. The molecule has 1 saturated carbocycles. The van der Waals surface area contributed by atoms with Crippen molar-refractivity contribution < 1.29 is 14.3 Å². The van der Waals surface area contributed by atoms with Crippen molar-refractivity contribution >= 4 is 5.97 Å². The summed E-state index contributed by atoms with van der Waals surface area (Å²) in [6.07, 6.45) is 4.26. The van der Waals surface area contributed by atoms with Crippen LogP contribution in [0.2, 0.25) is 0 Å². The SMILES string of the molecule is Cc1cccc(C(=O)OC23CCCCC2O3)c1. The molecule has 3 heteroatoms. The normalized spacial score (nSPS) is 30.5. The lowest BCUT2D eigenvalue weighted by atomic mass is 9.98. The van der Waals surface area contributed by atoms with Crippen LogP contribution in [0.25, 0.3) is 0 Å². The molecule has 0 radical (unpaired) electrons. The first kappa shape index (κ1) is 10.8. The van der Waals surface area contributed by atoms with Gasteiger partial charge in [-0.05, 0) is 31.9 Å². The summed E-state index contributed by atoms with van der Waals surface area (Å²) in [4.78, 5) is 12.0. The van der Waals surface area contributed by atoms with E-state index in [0.29, 0.717) is 5.56 Å². The van der Waals surface area contributed by atoms with Crippen LogP contribution in [0.3, 0.4) is 0 Å². The molecular weight excluding hydrogens is 216 g/mol. The largest absolute Gasteiger partial charge is 0.427 e. The van der Waals surface area contributed by atoms with Gasteiger partial charge in [-0.1, -0.05) is 24.1 Å². The number of epoxide rings is 1. The first-order chi connectivity index (χ1) is 8.20. The molecule has 17 heavy (non-hydrogen) atoms. The van der Waals surface area contributed by atoms with Gasteiger partial charge in [-0.3, -0.25) is 0 Å².